The van der Waals surface area contributed by atoms with Gasteiger partial charge >= 0.3 is 0 Å². The molecule has 1 atom stereocenters. The van der Waals surface area contributed by atoms with Crippen molar-refractivity contribution >= 4 is 23.2 Å². The molecule has 1 saturated heterocycles. The van der Waals surface area contributed by atoms with Gasteiger partial charge in [0.1, 0.15) is 5.69 Å². The summed E-state index contributed by atoms with van der Waals surface area (Å²) in [4.78, 5) is 30.8. The van der Waals surface area contributed by atoms with Crippen molar-refractivity contribution in [2.75, 3.05) is 19.6 Å². The number of nitrogens with two attached hydrogens (primary N) is 1. The summed E-state index contributed by atoms with van der Waals surface area (Å²) in [6.45, 7) is 5.86. The first-order valence-corrected chi connectivity index (χ1v) is 9.61. The Morgan fingerprint density at radius 2 is 2.25 bits per heavy atom. The number of carbonyl (C=O) groups is 2. The molecule has 0 aromatic carbocycles. The van der Waals surface area contributed by atoms with Crippen molar-refractivity contribution in [3.05, 3.63) is 16.1 Å². The first-order valence-electron chi connectivity index (χ1n) is 8.73. The molecular weight excluding hydrogens is 324 g/mol. The van der Waals surface area contributed by atoms with E-state index in [0.717, 1.165) is 37.2 Å². The van der Waals surface area contributed by atoms with E-state index in [9.17, 15) is 9.59 Å². The number of thiazole rings is 1. The van der Waals surface area contributed by atoms with Crippen LogP contribution in [-0.2, 0) is 11.2 Å². The van der Waals surface area contributed by atoms with Gasteiger partial charge in [0.2, 0.25) is 5.91 Å². The minimum Gasteiger partial charge on any atom is -0.354 e. The van der Waals surface area contributed by atoms with Crippen molar-refractivity contribution < 1.29 is 9.59 Å². The molecular formula is C17H28N4O2S. The quantitative estimate of drug-likeness (QED) is 0.783. The Hall–Kier alpha value is -1.47. The van der Waals surface area contributed by atoms with Crippen molar-refractivity contribution in [3.8, 4) is 0 Å². The second-order valence-corrected chi connectivity index (χ2v) is 7.66. The third-order valence-electron chi connectivity index (χ3n) is 4.15. The van der Waals surface area contributed by atoms with Crippen LogP contribution in [-0.4, -0.2) is 47.4 Å². The summed E-state index contributed by atoms with van der Waals surface area (Å²) >= 11 is 1.55. The fourth-order valence-corrected chi connectivity index (χ4v) is 3.91. The molecule has 0 bridgehead atoms. The molecule has 0 saturated carbocycles. The van der Waals surface area contributed by atoms with Crippen LogP contribution < -0.4 is 11.1 Å². The molecule has 1 aliphatic heterocycles. The molecule has 0 spiro atoms. The van der Waals surface area contributed by atoms with E-state index in [4.69, 9.17) is 5.73 Å². The lowest BCUT2D eigenvalue weighted by molar-refractivity contribution is -0.121. The zero-order valence-electron chi connectivity index (χ0n) is 14.6. The standard InChI is InChI=1S/C17H28N4O2S/c1-12(2)9-16-20-14(11-24-16)17(23)21-8-4-3-5-13(21)10-19-15(22)6-7-18/h11-13H,3-10,18H2,1-2H3,(H,19,22). The van der Waals surface area contributed by atoms with Crippen molar-refractivity contribution in [2.45, 2.75) is 52.0 Å². The third kappa shape index (κ3) is 5.27. The highest BCUT2D eigenvalue weighted by Gasteiger charge is 2.29. The topological polar surface area (TPSA) is 88.3 Å². The van der Waals surface area contributed by atoms with Gasteiger partial charge in [-0.2, -0.15) is 0 Å². The summed E-state index contributed by atoms with van der Waals surface area (Å²) in [6, 6.07) is 0.0447. The van der Waals surface area contributed by atoms with Gasteiger partial charge < -0.3 is 16.0 Å². The average Bonchev–Trinajstić information content (AvgIpc) is 3.00. The van der Waals surface area contributed by atoms with Gasteiger partial charge in [0.05, 0.1) is 5.01 Å². The maximum atomic E-state index is 12.8. The molecule has 1 unspecified atom stereocenters. The highest BCUT2D eigenvalue weighted by atomic mass is 32.1. The Bertz CT molecular complexity index is 559. The fraction of sp³-hybridized carbons (Fsp3) is 0.706. The molecule has 0 aliphatic carbocycles. The summed E-state index contributed by atoms with van der Waals surface area (Å²) in [6.07, 6.45) is 4.22. The number of aromatic nitrogens is 1. The van der Waals surface area contributed by atoms with Crippen LogP contribution in [0.1, 0.15) is 55.0 Å². The SMILES string of the molecule is CC(C)Cc1nc(C(=O)N2CCCCC2CNC(=O)CCN)cs1. The van der Waals surface area contributed by atoms with E-state index in [2.05, 4.69) is 24.1 Å². The van der Waals surface area contributed by atoms with Crippen molar-refractivity contribution in [2.24, 2.45) is 11.7 Å². The van der Waals surface area contributed by atoms with Gasteiger partial charge in [0.25, 0.3) is 5.91 Å². The van der Waals surface area contributed by atoms with Crippen LogP contribution in [0.3, 0.4) is 0 Å². The molecule has 6 nitrogen and oxygen atoms in total. The summed E-state index contributed by atoms with van der Waals surface area (Å²) in [5, 5.41) is 5.76. The predicted octanol–water partition coefficient (Wildman–Crippen LogP) is 1.80. The molecule has 1 aromatic heterocycles. The molecule has 0 radical (unpaired) electrons. The number of piperidine rings is 1. The van der Waals surface area contributed by atoms with E-state index < -0.39 is 0 Å². The number of hydrogen-bond donors (Lipinski definition) is 2. The molecule has 2 amide bonds. The van der Waals surface area contributed by atoms with E-state index in [1.807, 2.05) is 10.3 Å². The van der Waals surface area contributed by atoms with E-state index >= 15 is 0 Å². The van der Waals surface area contributed by atoms with E-state index in [0.29, 0.717) is 31.1 Å². The monoisotopic (exact) mass is 352 g/mol. The number of likely N-dealkylation sites (tertiary alicyclic amines) is 1. The lowest BCUT2D eigenvalue weighted by Crippen LogP contribution is -2.49. The highest BCUT2D eigenvalue weighted by Crippen LogP contribution is 2.21. The Morgan fingerprint density at radius 3 is 2.96 bits per heavy atom. The largest absolute Gasteiger partial charge is 0.354 e. The lowest BCUT2D eigenvalue weighted by atomic mass is 10.0. The summed E-state index contributed by atoms with van der Waals surface area (Å²) in [5.74, 6) is 0.460. The van der Waals surface area contributed by atoms with Crippen molar-refractivity contribution in [3.63, 3.8) is 0 Å². The zero-order valence-corrected chi connectivity index (χ0v) is 15.4. The number of rotatable bonds is 7. The van der Waals surface area contributed by atoms with Gasteiger partial charge in [0, 0.05) is 43.9 Å². The molecule has 134 valence electrons. The van der Waals surface area contributed by atoms with Crippen molar-refractivity contribution in [1.29, 1.82) is 0 Å². The van der Waals surface area contributed by atoms with E-state index in [-0.39, 0.29) is 17.9 Å². The van der Waals surface area contributed by atoms with Gasteiger partial charge in [-0.15, -0.1) is 11.3 Å². The Morgan fingerprint density at radius 1 is 1.46 bits per heavy atom. The molecule has 1 fully saturated rings. The Labute approximate surface area is 147 Å². The zero-order chi connectivity index (χ0) is 17.5. The van der Waals surface area contributed by atoms with Crippen LogP contribution in [0.4, 0.5) is 0 Å². The third-order valence-corrected chi connectivity index (χ3v) is 5.02. The minimum absolute atomic E-state index is 0.0148. The summed E-state index contributed by atoms with van der Waals surface area (Å²) < 4.78 is 0. The molecule has 2 heterocycles. The van der Waals surface area contributed by atoms with Crippen LogP contribution in [0.15, 0.2) is 5.38 Å². The van der Waals surface area contributed by atoms with Crippen LogP contribution in [0, 0.1) is 5.92 Å². The molecule has 1 aromatic rings. The van der Waals surface area contributed by atoms with Gasteiger partial charge in [-0.25, -0.2) is 4.98 Å². The molecule has 3 N–H and O–H groups in total. The molecule has 7 heteroatoms. The van der Waals surface area contributed by atoms with Crippen molar-refractivity contribution in [1.82, 2.24) is 15.2 Å². The maximum absolute atomic E-state index is 12.8. The maximum Gasteiger partial charge on any atom is 0.273 e. The Kier molecular flexibility index (Phi) is 7.17. The van der Waals surface area contributed by atoms with E-state index in [1.54, 1.807) is 11.3 Å². The number of hydrogen-bond acceptors (Lipinski definition) is 5. The van der Waals surface area contributed by atoms with Gasteiger partial charge in [-0.05, 0) is 25.2 Å². The van der Waals surface area contributed by atoms with Crippen LogP contribution in [0.25, 0.3) is 0 Å². The number of amides is 2. The average molecular weight is 353 g/mol. The fourth-order valence-electron chi connectivity index (χ4n) is 2.93. The number of carbonyl (C=O) groups excluding carboxylic acids is 2. The number of nitrogens with one attached hydrogen (secondary N) is 1. The molecule has 2 rings (SSSR count). The van der Waals surface area contributed by atoms with Gasteiger partial charge in [-0.1, -0.05) is 13.8 Å². The second-order valence-electron chi connectivity index (χ2n) is 6.72. The van der Waals surface area contributed by atoms with E-state index in [1.165, 1.54) is 0 Å². The highest BCUT2D eigenvalue weighted by molar-refractivity contribution is 7.09. The Balaban J connectivity index is 1.99. The first kappa shape index (κ1) is 18.9. The van der Waals surface area contributed by atoms with Gasteiger partial charge in [-0.3, -0.25) is 9.59 Å². The normalized spacial score (nSPS) is 18.0. The summed E-state index contributed by atoms with van der Waals surface area (Å²) in [7, 11) is 0. The van der Waals surface area contributed by atoms with Gasteiger partial charge in [0.15, 0.2) is 0 Å². The molecule has 24 heavy (non-hydrogen) atoms. The number of nitrogens with zero attached hydrogens (tertiary/aromatic N) is 2. The van der Waals surface area contributed by atoms with Crippen LogP contribution >= 0.6 is 11.3 Å². The second kappa shape index (κ2) is 9.13. The predicted molar refractivity (Wildman–Crippen MR) is 96.0 cm³/mol. The smallest absolute Gasteiger partial charge is 0.273 e. The first-order chi connectivity index (χ1) is 11.5. The molecule has 1 aliphatic rings. The van der Waals surface area contributed by atoms with Crippen LogP contribution in [0.5, 0.6) is 0 Å². The lowest BCUT2D eigenvalue weighted by Gasteiger charge is -2.35. The minimum atomic E-state index is -0.0525. The summed E-state index contributed by atoms with van der Waals surface area (Å²) in [5.41, 5.74) is 5.93. The van der Waals surface area contributed by atoms with Crippen LogP contribution in [0.2, 0.25) is 0 Å².